The number of hydrogen-bond acceptors (Lipinski definition) is 3. The first-order chi connectivity index (χ1) is 13.4. The predicted molar refractivity (Wildman–Crippen MR) is 106 cm³/mol. The summed E-state index contributed by atoms with van der Waals surface area (Å²) in [7, 11) is 0. The third-order valence-electron chi connectivity index (χ3n) is 5.65. The van der Waals surface area contributed by atoms with Crippen LogP contribution in [0.5, 0.6) is 0 Å². The molecule has 1 N–H and O–H groups in total. The zero-order valence-corrected chi connectivity index (χ0v) is 16.4. The first-order valence-corrected chi connectivity index (χ1v) is 9.80. The minimum absolute atomic E-state index is 0.152. The number of nitrogens with one attached hydrogen (secondary N) is 1. The standard InChI is InChI=1S/C21H21ClFN3O2/c1-14-2-3-15(22)12-18(14)26-20(27)13-19(21(26)28)25-10-8-24(9-11-25)17-6-4-16(23)5-7-17/h2-7,12,19H,8-11,13H2,1H3/p+1/t19-/m1/s1. The predicted octanol–water partition coefficient (Wildman–Crippen LogP) is 1.82. The van der Waals surface area contributed by atoms with E-state index in [1.165, 1.54) is 17.0 Å². The van der Waals surface area contributed by atoms with E-state index in [-0.39, 0.29) is 30.1 Å². The molecule has 0 spiro atoms. The van der Waals surface area contributed by atoms with Crippen molar-refractivity contribution in [3.63, 3.8) is 0 Å². The summed E-state index contributed by atoms with van der Waals surface area (Å²) in [5.74, 6) is -0.575. The fourth-order valence-corrected chi connectivity index (χ4v) is 4.25. The van der Waals surface area contributed by atoms with Gasteiger partial charge < -0.3 is 9.80 Å². The molecule has 1 atom stereocenters. The van der Waals surface area contributed by atoms with Crippen LogP contribution in [0.1, 0.15) is 12.0 Å². The van der Waals surface area contributed by atoms with Crippen LogP contribution in [0.25, 0.3) is 0 Å². The van der Waals surface area contributed by atoms with Crippen molar-refractivity contribution in [3.8, 4) is 0 Å². The lowest BCUT2D eigenvalue weighted by Crippen LogP contribution is -3.19. The van der Waals surface area contributed by atoms with Crippen LogP contribution in [0.4, 0.5) is 15.8 Å². The average molecular weight is 403 g/mol. The Morgan fingerprint density at radius 2 is 1.75 bits per heavy atom. The largest absolute Gasteiger partial charge is 0.360 e. The Kier molecular flexibility index (Phi) is 5.08. The smallest absolute Gasteiger partial charge is 0.292 e. The minimum Gasteiger partial charge on any atom is -0.360 e. The van der Waals surface area contributed by atoms with Gasteiger partial charge in [-0.3, -0.25) is 9.59 Å². The van der Waals surface area contributed by atoms with Gasteiger partial charge in [-0.1, -0.05) is 17.7 Å². The third kappa shape index (κ3) is 3.50. The molecule has 0 saturated carbocycles. The molecule has 0 bridgehead atoms. The molecular weight excluding hydrogens is 381 g/mol. The SMILES string of the molecule is Cc1ccc(Cl)cc1N1C(=O)C[C@@H]([NH+]2CCN(c3ccc(F)cc3)CC2)C1=O. The van der Waals surface area contributed by atoms with Gasteiger partial charge in [0, 0.05) is 10.7 Å². The Morgan fingerprint density at radius 1 is 1.07 bits per heavy atom. The highest BCUT2D eigenvalue weighted by Gasteiger charge is 2.46. The molecule has 0 aliphatic carbocycles. The van der Waals surface area contributed by atoms with Gasteiger partial charge in [0.25, 0.3) is 5.91 Å². The summed E-state index contributed by atoms with van der Waals surface area (Å²) in [6.07, 6.45) is 0.219. The highest BCUT2D eigenvalue weighted by atomic mass is 35.5. The number of halogens is 2. The summed E-state index contributed by atoms with van der Waals surface area (Å²) in [6, 6.07) is 11.3. The number of quaternary nitrogens is 1. The summed E-state index contributed by atoms with van der Waals surface area (Å²) in [5, 5.41) is 0.505. The minimum atomic E-state index is -0.360. The van der Waals surface area contributed by atoms with Gasteiger partial charge in [-0.25, -0.2) is 9.29 Å². The number of aryl methyl sites for hydroxylation is 1. The number of anilines is 2. The fraction of sp³-hybridized carbons (Fsp3) is 0.333. The van der Waals surface area contributed by atoms with Gasteiger partial charge in [-0.15, -0.1) is 0 Å². The van der Waals surface area contributed by atoms with Crippen LogP contribution in [-0.2, 0) is 9.59 Å². The van der Waals surface area contributed by atoms with Gasteiger partial charge in [0.2, 0.25) is 5.91 Å². The molecule has 2 aromatic carbocycles. The zero-order valence-electron chi connectivity index (χ0n) is 15.6. The number of carbonyl (C=O) groups excluding carboxylic acids is 2. The molecule has 0 aromatic heterocycles. The quantitative estimate of drug-likeness (QED) is 0.797. The van der Waals surface area contributed by atoms with E-state index in [9.17, 15) is 14.0 Å². The van der Waals surface area contributed by atoms with Gasteiger partial charge in [-0.05, 0) is 48.9 Å². The maximum absolute atomic E-state index is 13.1. The molecule has 0 radical (unpaired) electrons. The van der Waals surface area contributed by atoms with Gasteiger partial charge >= 0.3 is 0 Å². The van der Waals surface area contributed by atoms with Crippen molar-refractivity contribution in [2.45, 2.75) is 19.4 Å². The molecule has 2 aliphatic rings. The lowest BCUT2D eigenvalue weighted by Gasteiger charge is -2.35. The van der Waals surface area contributed by atoms with Crippen LogP contribution in [0, 0.1) is 12.7 Å². The van der Waals surface area contributed by atoms with Crippen molar-refractivity contribution in [2.75, 3.05) is 36.0 Å². The molecule has 2 fully saturated rings. The molecular formula is C21H22ClFN3O2+. The van der Waals surface area contributed by atoms with Crippen molar-refractivity contribution in [3.05, 3.63) is 58.9 Å². The molecule has 2 saturated heterocycles. The number of piperazine rings is 1. The molecule has 0 unspecified atom stereocenters. The Morgan fingerprint density at radius 3 is 2.43 bits per heavy atom. The van der Waals surface area contributed by atoms with E-state index in [0.717, 1.165) is 42.3 Å². The Balaban J connectivity index is 1.46. The van der Waals surface area contributed by atoms with E-state index in [2.05, 4.69) is 4.90 Å². The topological polar surface area (TPSA) is 45.1 Å². The number of benzene rings is 2. The summed E-state index contributed by atoms with van der Waals surface area (Å²) >= 11 is 6.08. The first-order valence-electron chi connectivity index (χ1n) is 9.42. The summed E-state index contributed by atoms with van der Waals surface area (Å²) in [5.41, 5.74) is 2.41. The summed E-state index contributed by atoms with van der Waals surface area (Å²) in [6.45, 7) is 4.89. The fourth-order valence-electron chi connectivity index (χ4n) is 4.08. The van der Waals surface area contributed by atoms with E-state index in [4.69, 9.17) is 11.6 Å². The van der Waals surface area contributed by atoms with Gasteiger partial charge in [-0.2, -0.15) is 0 Å². The van der Waals surface area contributed by atoms with Crippen molar-refractivity contribution in [1.82, 2.24) is 0 Å². The molecule has 2 aliphatic heterocycles. The number of amides is 2. The van der Waals surface area contributed by atoms with E-state index in [1.807, 2.05) is 13.0 Å². The van der Waals surface area contributed by atoms with Crippen LogP contribution in [0.3, 0.4) is 0 Å². The van der Waals surface area contributed by atoms with E-state index < -0.39 is 0 Å². The van der Waals surface area contributed by atoms with Gasteiger partial charge in [0.05, 0.1) is 38.3 Å². The van der Waals surface area contributed by atoms with Crippen molar-refractivity contribution in [2.24, 2.45) is 0 Å². The molecule has 2 aromatic rings. The van der Waals surface area contributed by atoms with Crippen LogP contribution in [0.2, 0.25) is 5.02 Å². The zero-order chi connectivity index (χ0) is 19.8. The second kappa shape index (κ2) is 7.53. The van der Waals surface area contributed by atoms with Crippen molar-refractivity contribution < 1.29 is 18.9 Å². The van der Waals surface area contributed by atoms with Crippen LogP contribution in [0.15, 0.2) is 42.5 Å². The second-order valence-electron chi connectivity index (χ2n) is 7.38. The molecule has 7 heteroatoms. The Bertz CT molecular complexity index is 910. The van der Waals surface area contributed by atoms with Crippen molar-refractivity contribution in [1.29, 1.82) is 0 Å². The Hall–Kier alpha value is -2.44. The normalized spacial score (nSPS) is 20.9. The first kappa shape index (κ1) is 18.9. The number of carbonyl (C=O) groups is 2. The maximum Gasteiger partial charge on any atom is 0.292 e. The molecule has 5 nitrogen and oxygen atoms in total. The van der Waals surface area contributed by atoms with E-state index in [0.29, 0.717) is 10.7 Å². The number of imide groups is 1. The lowest BCUT2D eigenvalue weighted by atomic mass is 10.1. The number of rotatable bonds is 3. The number of nitrogens with zero attached hydrogens (tertiary/aromatic N) is 2. The summed E-state index contributed by atoms with van der Waals surface area (Å²) < 4.78 is 13.1. The van der Waals surface area contributed by atoms with E-state index >= 15 is 0 Å². The molecule has 146 valence electrons. The monoisotopic (exact) mass is 402 g/mol. The summed E-state index contributed by atoms with van der Waals surface area (Å²) in [4.78, 5) is 30.3. The van der Waals surface area contributed by atoms with Crippen LogP contribution >= 0.6 is 11.6 Å². The van der Waals surface area contributed by atoms with Crippen LogP contribution in [-0.4, -0.2) is 44.0 Å². The maximum atomic E-state index is 13.1. The highest BCUT2D eigenvalue weighted by Crippen LogP contribution is 2.28. The lowest BCUT2D eigenvalue weighted by molar-refractivity contribution is -0.915. The van der Waals surface area contributed by atoms with E-state index in [1.54, 1.807) is 24.3 Å². The van der Waals surface area contributed by atoms with Gasteiger partial charge in [0.15, 0.2) is 6.04 Å². The second-order valence-corrected chi connectivity index (χ2v) is 7.81. The molecule has 4 rings (SSSR count). The van der Waals surface area contributed by atoms with Crippen LogP contribution < -0.4 is 14.7 Å². The van der Waals surface area contributed by atoms with Crippen molar-refractivity contribution >= 4 is 34.8 Å². The highest BCUT2D eigenvalue weighted by molar-refractivity contribution is 6.31. The Labute approximate surface area is 168 Å². The molecule has 2 heterocycles. The molecule has 2 amide bonds. The van der Waals surface area contributed by atoms with Gasteiger partial charge in [0.1, 0.15) is 5.82 Å². The molecule has 28 heavy (non-hydrogen) atoms. The average Bonchev–Trinajstić information content (AvgIpc) is 2.99. The number of hydrogen-bond donors (Lipinski definition) is 1. The third-order valence-corrected chi connectivity index (χ3v) is 5.88.